The van der Waals surface area contributed by atoms with Gasteiger partial charge in [-0.3, -0.25) is 0 Å². The molecule has 1 atom stereocenters. The molecule has 4 rings (SSSR count). The largest absolute Gasteiger partial charge is 0.495 e. The standard InChI is InChI=1S/C22H24N4O2S/c1-15-12-26(14-23-15)18-8-6-17(11-19(18)27-4)7-10-22-24-28-20(13-25(22)3)21-9-5-16(2)29-21/h5-12,14,20H,13H2,1-4H3/b10-7+. The van der Waals surface area contributed by atoms with Crippen LogP contribution in [0.5, 0.6) is 5.75 Å². The number of aromatic nitrogens is 2. The number of thiophene rings is 1. The van der Waals surface area contributed by atoms with E-state index < -0.39 is 0 Å². The molecule has 2 aromatic heterocycles. The predicted molar refractivity (Wildman–Crippen MR) is 117 cm³/mol. The molecule has 0 aliphatic carbocycles. The van der Waals surface area contributed by atoms with E-state index in [9.17, 15) is 0 Å². The summed E-state index contributed by atoms with van der Waals surface area (Å²) in [7, 11) is 3.71. The summed E-state index contributed by atoms with van der Waals surface area (Å²) in [6.07, 6.45) is 7.72. The quantitative estimate of drug-likeness (QED) is 0.620. The van der Waals surface area contributed by atoms with E-state index in [0.29, 0.717) is 0 Å². The maximum atomic E-state index is 5.74. The van der Waals surface area contributed by atoms with Crippen molar-refractivity contribution >= 4 is 23.2 Å². The summed E-state index contributed by atoms with van der Waals surface area (Å²) >= 11 is 1.75. The van der Waals surface area contributed by atoms with Crippen LogP contribution in [-0.4, -0.2) is 41.0 Å². The van der Waals surface area contributed by atoms with Gasteiger partial charge >= 0.3 is 0 Å². The molecule has 150 valence electrons. The first-order valence-electron chi connectivity index (χ1n) is 9.42. The molecule has 0 spiro atoms. The van der Waals surface area contributed by atoms with Gasteiger partial charge in [0.1, 0.15) is 5.75 Å². The van der Waals surface area contributed by atoms with Gasteiger partial charge in [-0.05, 0) is 49.8 Å². The number of oxime groups is 1. The molecule has 1 aromatic carbocycles. The van der Waals surface area contributed by atoms with Crippen LogP contribution in [0.3, 0.4) is 0 Å². The minimum Gasteiger partial charge on any atom is -0.495 e. The molecular weight excluding hydrogens is 384 g/mol. The molecule has 0 radical (unpaired) electrons. The molecule has 1 unspecified atom stereocenters. The van der Waals surface area contributed by atoms with Crippen molar-refractivity contribution in [2.24, 2.45) is 5.16 Å². The van der Waals surface area contributed by atoms with E-state index in [2.05, 4.69) is 34.1 Å². The molecule has 7 heteroatoms. The Morgan fingerprint density at radius 2 is 2.07 bits per heavy atom. The van der Waals surface area contributed by atoms with E-state index in [4.69, 9.17) is 9.57 Å². The van der Waals surface area contributed by atoms with Crippen LogP contribution in [0.4, 0.5) is 0 Å². The average molecular weight is 409 g/mol. The third kappa shape index (κ3) is 4.19. The van der Waals surface area contributed by atoms with Gasteiger partial charge in [-0.25, -0.2) is 4.98 Å². The number of benzene rings is 1. The zero-order chi connectivity index (χ0) is 20.4. The van der Waals surface area contributed by atoms with E-state index >= 15 is 0 Å². The number of methoxy groups -OCH3 is 1. The lowest BCUT2D eigenvalue weighted by atomic mass is 10.1. The molecule has 0 saturated heterocycles. The van der Waals surface area contributed by atoms with Gasteiger partial charge in [0.05, 0.1) is 31.4 Å². The number of rotatable bonds is 5. The highest BCUT2D eigenvalue weighted by molar-refractivity contribution is 7.12. The molecule has 0 fully saturated rings. The summed E-state index contributed by atoms with van der Waals surface area (Å²) in [5.74, 6) is 1.58. The zero-order valence-corrected chi connectivity index (χ0v) is 17.8. The summed E-state index contributed by atoms with van der Waals surface area (Å²) in [6, 6.07) is 10.3. The second kappa shape index (κ2) is 8.13. The van der Waals surface area contributed by atoms with Crippen molar-refractivity contribution in [1.82, 2.24) is 14.5 Å². The number of hydrogen-bond donors (Lipinski definition) is 0. The van der Waals surface area contributed by atoms with E-state index in [1.54, 1.807) is 24.8 Å². The number of nitrogens with zero attached hydrogens (tertiary/aromatic N) is 4. The second-order valence-corrected chi connectivity index (χ2v) is 8.38. The Hall–Kier alpha value is -3.06. The molecule has 0 saturated carbocycles. The van der Waals surface area contributed by atoms with Crippen molar-refractivity contribution in [2.45, 2.75) is 20.0 Å². The van der Waals surface area contributed by atoms with Crippen molar-refractivity contribution in [3.05, 3.63) is 69.9 Å². The van der Waals surface area contributed by atoms with E-state index in [0.717, 1.165) is 35.1 Å². The van der Waals surface area contributed by atoms with Crippen molar-refractivity contribution in [3.8, 4) is 11.4 Å². The third-order valence-electron chi connectivity index (χ3n) is 4.80. The molecule has 1 aliphatic heterocycles. The molecule has 1 aliphatic rings. The Labute approximate surface area is 174 Å². The highest BCUT2D eigenvalue weighted by Crippen LogP contribution is 2.29. The summed E-state index contributed by atoms with van der Waals surface area (Å²) in [6.45, 7) is 4.84. The molecule has 0 amide bonds. The third-order valence-corrected chi connectivity index (χ3v) is 5.89. The topological polar surface area (TPSA) is 51.9 Å². The summed E-state index contributed by atoms with van der Waals surface area (Å²) < 4.78 is 7.54. The van der Waals surface area contributed by atoms with Gasteiger partial charge in [0.25, 0.3) is 0 Å². The Morgan fingerprint density at radius 3 is 2.72 bits per heavy atom. The molecule has 6 nitrogen and oxygen atoms in total. The van der Waals surface area contributed by atoms with Crippen LogP contribution in [0.1, 0.15) is 27.1 Å². The van der Waals surface area contributed by atoms with Crippen LogP contribution in [0.2, 0.25) is 0 Å². The number of hydrogen-bond acceptors (Lipinski definition) is 6. The number of aryl methyl sites for hydroxylation is 2. The summed E-state index contributed by atoms with van der Waals surface area (Å²) in [5, 5.41) is 4.32. The first-order valence-corrected chi connectivity index (χ1v) is 10.2. The van der Waals surface area contributed by atoms with Crippen LogP contribution in [-0.2, 0) is 4.84 Å². The SMILES string of the molecule is COc1cc(/C=C/C2=NOC(c3ccc(C)s3)CN2C)ccc1-n1cnc(C)c1. The maximum Gasteiger partial charge on any atom is 0.179 e. The van der Waals surface area contributed by atoms with Crippen LogP contribution >= 0.6 is 11.3 Å². The first-order chi connectivity index (χ1) is 14.0. The predicted octanol–water partition coefficient (Wildman–Crippen LogP) is 4.59. The normalized spacial score (nSPS) is 16.8. The molecule has 0 bridgehead atoms. The van der Waals surface area contributed by atoms with Gasteiger partial charge < -0.3 is 19.0 Å². The second-order valence-electron chi connectivity index (χ2n) is 7.06. The molecule has 3 heterocycles. The van der Waals surface area contributed by atoms with Gasteiger partial charge in [-0.2, -0.15) is 0 Å². The van der Waals surface area contributed by atoms with Gasteiger partial charge in [-0.15, -0.1) is 11.3 Å². The van der Waals surface area contributed by atoms with E-state index in [-0.39, 0.29) is 6.10 Å². The van der Waals surface area contributed by atoms with Gasteiger partial charge in [0.15, 0.2) is 11.9 Å². The van der Waals surface area contributed by atoms with E-state index in [1.807, 2.05) is 55.1 Å². The van der Waals surface area contributed by atoms with Gasteiger partial charge in [0.2, 0.25) is 0 Å². The summed E-state index contributed by atoms with van der Waals surface area (Å²) in [5.41, 5.74) is 2.94. The molecular formula is C22H24N4O2S. The van der Waals surface area contributed by atoms with Crippen molar-refractivity contribution in [1.29, 1.82) is 0 Å². The summed E-state index contributed by atoms with van der Waals surface area (Å²) in [4.78, 5) is 14.6. The average Bonchev–Trinajstić information content (AvgIpc) is 3.35. The fraction of sp³-hybridized carbons (Fsp3) is 0.273. The highest BCUT2D eigenvalue weighted by atomic mass is 32.1. The molecule has 29 heavy (non-hydrogen) atoms. The first kappa shape index (κ1) is 19.3. The Morgan fingerprint density at radius 1 is 1.21 bits per heavy atom. The fourth-order valence-electron chi connectivity index (χ4n) is 3.22. The lowest BCUT2D eigenvalue weighted by Gasteiger charge is -2.28. The fourth-order valence-corrected chi connectivity index (χ4v) is 4.12. The molecule has 0 N–H and O–H groups in total. The zero-order valence-electron chi connectivity index (χ0n) is 17.0. The minimum absolute atomic E-state index is 0.0196. The Bertz CT molecular complexity index is 1070. The maximum absolute atomic E-state index is 5.74. The number of imidazole rings is 1. The van der Waals surface area contributed by atoms with Gasteiger partial charge in [0, 0.05) is 23.0 Å². The Kier molecular flexibility index (Phi) is 5.40. The highest BCUT2D eigenvalue weighted by Gasteiger charge is 2.23. The van der Waals surface area contributed by atoms with Crippen LogP contribution in [0.25, 0.3) is 11.8 Å². The lowest BCUT2D eigenvalue weighted by Crippen LogP contribution is -2.34. The van der Waals surface area contributed by atoms with Crippen LogP contribution in [0, 0.1) is 13.8 Å². The van der Waals surface area contributed by atoms with Crippen molar-refractivity contribution in [3.63, 3.8) is 0 Å². The van der Waals surface area contributed by atoms with Crippen LogP contribution in [0.15, 0.2) is 54.1 Å². The van der Waals surface area contributed by atoms with Crippen molar-refractivity contribution in [2.75, 3.05) is 20.7 Å². The number of amidine groups is 1. The molecule has 3 aromatic rings. The number of ether oxygens (including phenoxy) is 1. The van der Waals surface area contributed by atoms with Crippen LogP contribution < -0.4 is 4.74 Å². The van der Waals surface area contributed by atoms with Crippen molar-refractivity contribution < 1.29 is 9.57 Å². The minimum atomic E-state index is -0.0196. The smallest absolute Gasteiger partial charge is 0.179 e. The lowest BCUT2D eigenvalue weighted by molar-refractivity contribution is 0.0281. The number of likely N-dealkylation sites (N-methyl/N-ethyl adjacent to an activating group) is 1. The van der Waals surface area contributed by atoms with Gasteiger partial charge in [-0.1, -0.05) is 17.3 Å². The van der Waals surface area contributed by atoms with E-state index in [1.165, 1.54) is 9.75 Å². The Balaban J connectivity index is 1.50. The monoisotopic (exact) mass is 408 g/mol.